The first-order valence-corrected chi connectivity index (χ1v) is 7.27. The number of hydrogen-bond donors (Lipinski definition) is 2. The highest BCUT2D eigenvalue weighted by Gasteiger charge is 2.49. The van der Waals surface area contributed by atoms with Gasteiger partial charge in [-0.25, -0.2) is 4.98 Å². The fraction of sp³-hybridized carbons (Fsp3) is 0.562. The topological polar surface area (TPSA) is 64.1 Å². The van der Waals surface area contributed by atoms with Crippen molar-refractivity contribution < 1.29 is 5.11 Å². The lowest BCUT2D eigenvalue weighted by Gasteiger charge is -2.50. The molecule has 2 aromatic rings. The summed E-state index contributed by atoms with van der Waals surface area (Å²) < 4.78 is 2.31. The van der Waals surface area contributed by atoms with Crippen molar-refractivity contribution in [3.8, 4) is 0 Å². The third-order valence-corrected chi connectivity index (χ3v) is 4.73. The Labute approximate surface area is 119 Å². The standard InChI is InChI=1S/C16H23N3O/c1-9(2)15-18-11-7-10(17)5-6-12(11)19(15)13-8-14(20)16(13,3)4/h5-7,9,13-14,20H,8,17H2,1-4H3. The molecule has 108 valence electrons. The van der Waals surface area contributed by atoms with Crippen LogP contribution in [0.15, 0.2) is 18.2 Å². The number of nitrogen functional groups attached to an aromatic ring is 1. The van der Waals surface area contributed by atoms with E-state index >= 15 is 0 Å². The molecule has 1 aromatic heterocycles. The SMILES string of the molecule is CC(C)c1nc2cc(N)ccc2n1C1CC(O)C1(C)C. The zero-order valence-corrected chi connectivity index (χ0v) is 12.6. The van der Waals surface area contributed by atoms with Crippen LogP contribution < -0.4 is 5.73 Å². The minimum atomic E-state index is -0.237. The molecular weight excluding hydrogens is 250 g/mol. The number of anilines is 1. The number of fused-ring (bicyclic) bond motifs is 1. The second-order valence-corrected chi connectivity index (χ2v) is 6.83. The molecular formula is C16H23N3O. The van der Waals surface area contributed by atoms with E-state index in [1.165, 1.54) is 0 Å². The lowest BCUT2D eigenvalue weighted by molar-refractivity contribution is -0.0888. The lowest BCUT2D eigenvalue weighted by atomic mass is 9.64. The van der Waals surface area contributed by atoms with E-state index in [-0.39, 0.29) is 11.5 Å². The van der Waals surface area contributed by atoms with E-state index in [2.05, 4.69) is 32.3 Å². The summed E-state index contributed by atoms with van der Waals surface area (Å²) >= 11 is 0. The largest absolute Gasteiger partial charge is 0.399 e. The first kappa shape index (κ1) is 13.4. The summed E-state index contributed by atoms with van der Waals surface area (Å²) in [5, 5.41) is 10.0. The minimum absolute atomic E-state index is 0.112. The summed E-state index contributed by atoms with van der Waals surface area (Å²) in [6.07, 6.45) is 0.557. The zero-order valence-electron chi connectivity index (χ0n) is 12.6. The lowest BCUT2D eigenvalue weighted by Crippen LogP contribution is -2.50. The quantitative estimate of drug-likeness (QED) is 0.826. The summed E-state index contributed by atoms with van der Waals surface area (Å²) in [4.78, 5) is 4.77. The first-order valence-electron chi connectivity index (χ1n) is 7.27. The molecule has 20 heavy (non-hydrogen) atoms. The average molecular weight is 273 g/mol. The molecule has 1 aliphatic rings. The van der Waals surface area contributed by atoms with Crippen molar-refractivity contribution in [2.75, 3.05) is 5.73 Å². The fourth-order valence-corrected chi connectivity index (χ4v) is 3.19. The van der Waals surface area contributed by atoms with Gasteiger partial charge in [-0.05, 0) is 24.6 Å². The van der Waals surface area contributed by atoms with Crippen LogP contribution in [-0.4, -0.2) is 20.8 Å². The molecule has 0 amide bonds. The van der Waals surface area contributed by atoms with E-state index in [4.69, 9.17) is 10.7 Å². The Bertz CT molecular complexity index is 657. The summed E-state index contributed by atoms with van der Waals surface area (Å²) in [6, 6.07) is 6.19. The second-order valence-electron chi connectivity index (χ2n) is 6.83. The number of aliphatic hydroxyl groups is 1. The smallest absolute Gasteiger partial charge is 0.112 e. The Morgan fingerprint density at radius 2 is 2.10 bits per heavy atom. The third-order valence-electron chi connectivity index (χ3n) is 4.73. The molecule has 2 atom stereocenters. The van der Waals surface area contributed by atoms with Gasteiger partial charge in [-0.15, -0.1) is 0 Å². The highest BCUT2D eigenvalue weighted by Crippen LogP contribution is 2.51. The van der Waals surface area contributed by atoms with Crippen LogP contribution in [0.25, 0.3) is 11.0 Å². The van der Waals surface area contributed by atoms with Gasteiger partial charge >= 0.3 is 0 Å². The van der Waals surface area contributed by atoms with Crippen LogP contribution in [0.2, 0.25) is 0 Å². The number of imidazole rings is 1. The number of rotatable bonds is 2. The van der Waals surface area contributed by atoms with Crippen LogP contribution in [-0.2, 0) is 0 Å². The number of nitrogens with two attached hydrogens (primary N) is 1. The van der Waals surface area contributed by atoms with E-state index in [9.17, 15) is 5.11 Å². The van der Waals surface area contributed by atoms with Gasteiger partial charge in [0, 0.05) is 23.1 Å². The van der Waals surface area contributed by atoms with Gasteiger partial charge in [0.25, 0.3) is 0 Å². The third kappa shape index (κ3) is 1.74. The molecule has 4 nitrogen and oxygen atoms in total. The van der Waals surface area contributed by atoms with Gasteiger partial charge in [0.05, 0.1) is 17.1 Å². The van der Waals surface area contributed by atoms with Crippen molar-refractivity contribution in [1.29, 1.82) is 0 Å². The number of nitrogens with zero attached hydrogens (tertiary/aromatic N) is 2. The van der Waals surface area contributed by atoms with E-state index in [1.54, 1.807) is 0 Å². The summed E-state index contributed by atoms with van der Waals surface area (Å²) in [6.45, 7) is 8.56. The van der Waals surface area contributed by atoms with Gasteiger partial charge in [0.2, 0.25) is 0 Å². The average Bonchev–Trinajstić information content (AvgIpc) is 2.73. The molecule has 0 aliphatic heterocycles. The Kier molecular flexibility index (Phi) is 2.83. The Balaban J connectivity index is 2.20. The second kappa shape index (κ2) is 4.22. The highest BCUT2D eigenvalue weighted by atomic mass is 16.3. The van der Waals surface area contributed by atoms with E-state index < -0.39 is 0 Å². The van der Waals surface area contributed by atoms with Gasteiger partial charge in [-0.2, -0.15) is 0 Å². The normalized spacial score (nSPS) is 25.1. The molecule has 0 saturated heterocycles. The van der Waals surface area contributed by atoms with Crippen molar-refractivity contribution in [1.82, 2.24) is 9.55 Å². The maximum Gasteiger partial charge on any atom is 0.112 e. The molecule has 1 saturated carbocycles. The van der Waals surface area contributed by atoms with E-state index in [0.717, 1.165) is 29.0 Å². The van der Waals surface area contributed by atoms with Crippen LogP contribution >= 0.6 is 0 Å². The molecule has 3 rings (SSSR count). The molecule has 4 heteroatoms. The molecule has 1 heterocycles. The van der Waals surface area contributed by atoms with Gasteiger partial charge in [0.1, 0.15) is 5.82 Å². The minimum Gasteiger partial charge on any atom is -0.399 e. The Hall–Kier alpha value is -1.55. The highest BCUT2D eigenvalue weighted by molar-refractivity contribution is 5.80. The Morgan fingerprint density at radius 1 is 1.40 bits per heavy atom. The zero-order chi connectivity index (χ0) is 14.7. The van der Waals surface area contributed by atoms with E-state index in [0.29, 0.717) is 12.0 Å². The van der Waals surface area contributed by atoms with Crippen LogP contribution in [0.4, 0.5) is 5.69 Å². The van der Waals surface area contributed by atoms with Crippen LogP contribution in [0.5, 0.6) is 0 Å². The van der Waals surface area contributed by atoms with Crippen molar-refractivity contribution in [2.24, 2.45) is 5.41 Å². The van der Waals surface area contributed by atoms with E-state index in [1.807, 2.05) is 18.2 Å². The van der Waals surface area contributed by atoms with Crippen molar-refractivity contribution in [3.63, 3.8) is 0 Å². The molecule has 1 fully saturated rings. The summed E-state index contributed by atoms with van der Waals surface area (Å²) in [5.74, 6) is 1.42. The molecule has 0 bridgehead atoms. The molecule has 1 aliphatic carbocycles. The van der Waals surface area contributed by atoms with Crippen molar-refractivity contribution in [2.45, 2.75) is 52.2 Å². The van der Waals surface area contributed by atoms with Gasteiger partial charge in [-0.1, -0.05) is 27.7 Å². The van der Waals surface area contributed by atoms with Crippen LogP contribution in [0.1, 0.15) is 51.9 Å². The summed E-state index contributed by atoms with van der Waals surface area (Å²) in [7, 11) is 0. The number of hydrogen-bond acceptors (Lipinski definition) is 3. The molecule has 1 aromatic carbocycles. The number of benzene rings is 1. The maximum atomic E-state index is 10.0. The van der Waals surface area contributed by atoms with Crippen molar-refractivity contribution in [3.05, 3.63) is 24.0 Å². The molecule has 2 unspecified atom stereocenters. The first-order chi connectivity index (χ1) is 9.32. The van der Waals surface area contributed by atoms with Gasteiger partial charge in [-0.3, -0.25) is 0 Å². The molecule has 0 spiro atoms. The predicted octanol–water partition coefficient (Wildman–Crippen LogP) is 3.07. The van der Waals surface area contributed by atoms with Gasteiger partial charge < -0.3 is 15.4 Å². The predicted molar refractivity (Wildman–Crippen MR) is 81.7 cm³/mol. The molecule has 0 radical (unpaired) electrons. The fourth-order valence-electron chi connectivity index (χ4n) is 3.19. The Morgan fingerprint density at radius 3 is 2.65 bits per heavy atom. The molecule has 3 N–H and O–H groups in total. The maximum absolute atomic E-state index is 10.0. The van der Waals surface area contributed by atoms with Crippen LogP contribution in [0.3, 0.4) is 0 Å². The van der Waals surface area contributed by atoms with Crippen molar-refractivity contribution >= 4 is 16.7 Å². The summed E-state index contributed by atoms with van der Waals surface area (Å²) in [5.41, 5.74) is 8.56. The number of aromatic nitrogens is 2. The van der Waals surface area contributed by atoms with Crippen LogP contribution in [0, 0.1) is 5.41 Å². The van der Waals surface area contributed by atoms with Gasteiger partial charge in [0.15, 0.2) is 0 Å². The number of aliphatic hydroxyl groups excluding tert-OH is 1. The monoisotopic (exact) mass is 273 g/mol.